The number of unbranched alkanes of at least 4 members (excludes halogenated alkanes) is 2. The molecule has 0 spiro atoms. The van der Waals surface area contributed by atoms with Gasteiger partial charge in [0.25, 0.3) is 0 Å². The zero-order valence-corrected chi connectivity index (χ0v) is 10.2. The second-order valence-corrected chi connectivity index (χ2v) is 3.69. The molecule has 92 valence electrons. The van der Waals surface area contributed by atoms with Crippen LogP contribution in [0.5, 0.6) is 0 Å². The third-order valence-corrected chi connectivity index (χ3v) is 2.21. The number of allylic oxidation sites excluding steroid dienone is 1. The lowest BCUT2D eigenvalue weighted by Gasteiger charge is -2.03. The van der Waals surface area contributed by atoms with E-state index in [2.05, 4.69) is 11.7 Å². The molecular weight excluding hydrogens is 206 g/mol. The summed E-state index contributed by atoms with van der Waals surface area (Å²) in [5, 5.41) is 11.8. The summed E-state index contributed by atoms with van der Waals surface area (Å²) in [4.78, 5) is 11.0. The molecule has 0 radical (unpaired) electrons. The van der Waals surface area contributed by atoms with E-state index in [0.717, 1.165) is 24.8 Å². The molecule has 0 saturated carbocycles. The Morgan fingerprint density at radius 3 is 2.44 bits per heavy atom. The molecule has 0 aromatic rings. The summed E-state index contributed by atoms with van der Waals surface area (Å²) >= 11 is 0. The molecule has 0 rings (SSSR count). The predicted octanol–water partition coefficient (Wildman–Crippen LogP) is 2.91. The first-order valence-electron chi connectivity index (χ1n) is 5.64. The first-order chi connectivity index (χ1) is 7.61. The largest absolute Gasteiger partial charge is 0.466 e. The molecule has 0 amide bonds. The molecule has 0 aliphatic rings. The summed E-state index contributed by atoms with van der Waals surface area (Å²) in [6.07, 6.45) is 3.80. The monoisotopic (exact) mass is 227 g/mol. The van der Waals surface area contributed by atoms with Crippen molar-refractivity contribution in [2.75, 3.05) is 6.61 Å². The van der Waals surface area contributed by atoms with Gasteiger partial charge < -0.3 is 9.94 Å². The summed E-state index contributed by atoms with van der Waals surface area (Å²) in [5.74, 6) is -0.140. The molecule has 0 unspecified atom stereocenters. The van der Waals surface area contributed by atoms with Crippen molar-refractivity contribution in [2.24, 2.45) is 5.16 Å². The number of hydrogen-bond acceptors (Lipinski definition) is 4. The minimum absolute atomic E-state index is 0.140. The van der Waals surface area contributed by atoms with Crippen molar-refractivity contribution in [3.05, 3.63) is 12.2 Å². The van der Waals surface area contributed by atoms with Crippen molar-refractivity contribution < 1.29 is 14.7 Å². The van der Waals surface area contributed by atoms with Crippen LogP contribution in [-0.2, 0) is 9.53 Å². The number of hydrogen-bond donors (Lipinski definition) is 1. The number of carbonyl (C=O) groups is 1. The quantitative estimate of drug-likeness (QED) is 0.228. The van der Waals surface area contributed by atoms with Gasteiger partial charge in [0, 0.05) is 6.42 Å². The number of esters is 1. The Balaban J connectivity index is 3.54. The van der Waals surface area contributed by atoms with Gasteiger partial charge in [-0.15, -0.1) is 0 Å². The minimum atomic E-state index is -0.140. The molecule has 0 atom stereocenters. The highest BCUT2D eigenvalue weighted by Crippen LogP contribution is 2.08. The highest BCUT2D eigenvalue weighted by Gasteiger charge is 2.03. The van der Waals surface area contributed by atoms with Gasteiger partial charge in [0.2, 0.25) is 0 Å². The van der Waals surface area contributed by atoms with E-state index in [0.29, 0.717) is 25.2 Å². The van der Waals surface area contributed by atoms with Gasteiger partial charge in [-0.1, -0.05) is 18.2 Å². The van der Waals surface area contributed by atoms with Crippen LogP contribution in [0.1, 0.15) is 46.0 Å². The standard InChI is InChI=1S/C12H21NO3/c1-4-16-12(14)9-7-5-6-8-11(13-15)10(2)3/h15H,2,4-9H2,1,3H3/b13-11-. The zero-order chi connectivity index (χ0) is 12.4. The Morgan fingerprint density at radius 1 is 1.31 bits per heavy atom. The lowest BCUT2D eigenvalue weighted by molar-refractivity contribution is -0.143. The molecule has 0 saturated heterocycles. The smallest absolute Gasteiger partial charge is 0.305 e. The van der Waals surface area contributed by atoms with Crippen molar-refractivity contribution in [3.8, 4) is 0 Å². The predicted molar refractivity (Wildman–Crippen MR) is 63.8 cm³/mol. The third-order valence-electron chi connectivity index (χ3n) is 2.21. The van der Waals surface area contributed by atoms with Crippen LogP contribution in [-0.4, -0.2) is 23.5 Å². The normalized spacial score (nSPS) is 11.2. The van der Waals surface area contributed by atoms with Gasteiger partial charge in [-0.25, -0.2) is 0 Å². The summed E-state index contributed by atoms with van der Waals surface area (Å²) in [6, 6.07) is 0. The van der Waals surface area contributed by atoms with Crippen molar-refractivity contribution in [1.29, 1.82) is 0 Å². The molecular formula is C12H21NO3. The Morgan fingerprint density at radius 2 is 1.94 bits per heavy atom. The summed E-state index contributed by atoms with van der Waals surface area (Å²) in [5.41, 5.74) is 1.42. The van der Waals surface area contributed by atoms with Crippen LogP contribution in [0.2, 0.25) is 0 Å². The fourth-order valence-electron chi connectivity index (χ4n) is 1.32. The molecule has 1 N–H and O–H groups in total. The number of carbonyl (C=O) groups excluding carboxylic acids is 1. The fourth-order valence-corrected chi connectivity index (χ4v) is 1.32. The maximum atomic E-state index is 11.0. The Bertz CT molecular complexity index is 259. The lowest BCUT2D eigenvalue weighted by atomic mass is 10.1. The van der Waals surface area contributed by atoms with Gasteiger partial charge in [0.15, 0.2) is 0 Å². The van der Waals surface area contributed by atoms with Crippen LogP contribution in [0.3, 0.4) is 0 Å². The third kappa shape index (κ3) is 7.04. The molecule has 0 aromatic heterocycles. The van der Waals surface area contributed by atoms with E-state index < -0.39 is 0 Å². The number of ether oxygens (including phenoxy) is 1. The number of nitrogens with zero attached hydrogens (tertiary/aromatic N) is 1. The highest BCUT2D eigenvalue weighted by atomic mass is 16.5. The topological polar surface area (TPSA) is 58.9 Å². The maximum Gasteiger partial charge on any atom is 0.305 e. The Kier molecular flexibility index (Phi) is 8.21. The average Bonchev–Trinajstić information content (AvgIpc) is 2.23. The second-order valence-electron chi connectivity index (χ2n) is 3.69. The van der Waals surface area contributed by atoms with Crippen molar-refractivity contribution in [2.45, 2.75) is 46.0 Å². The molecule has 0 aromatic carbocycles. The molecule has 0 aliphatic carbocycles. The van der Waals surface area contributed by atoms with Crippen LogP contribution in [0.4, 0.5) is 0 Å². The van der Waals surface area contributed by atoms with Gasteiger partial charge in [-0.05, 0) is 38.7 Å². The molecule has 0 heterocycles. The SMILES string of the molecule is C=C(C)/C(CCCCCC(=O)OCC)=N\O. The van der Waals surface area contributed by atoms with E-state index in [9.17, 15) is 4.79 Å². The van der Waals surface area contributed by atoms with E-state index in [1.165, 1.54) is 0 Å². The van der Waals surface area contributed by atoms with E-state index in [4.69, 9.17) is 9.94 Å². The van der Waals surface area contributed by atoms with Crippen molar-refractivity contribution >= 4 is 11.7 Å². The van der Waals surface area contributed by atoms with E-state index in [1.807, 2.05) is 6.92 Å². The van der Waals surface area contributed by atoms with Crippen LogP contribution < -0.4 is 0 Å². The van der Waals surface area contributed by atoms with Gasteiger partial charge in [-0.3, -0.25) is 4.79 Å². The van der Waals surface area contributed by atoms with Crippen LogP contribution in [0.25, 0.3) is 0 Å². The summed E-state index contributed by atoms with van der Waals surface area (Å²) in [7, 11) is 0. The van der Waals surface area contributed by atoms with Crippen molar-refractivity contribution in [1.82, 2.24) is 0 Å². The van der Waals surface area contributed by atoms with Crippen molar-refractivity contribution in [3.63, 3.8) is 0 Å². The molecule has 4 heteroatoms. The van der Waals surface area contributed by atoms with Gasteiger partial charge in [0.05, 0.1) is 12.3 Å². The highest BCUT2D eigenvalue weighted by molar-refractivity contribution is 5.98. The van der Waals surface area contributed by atoms with Crippen LogP contribution in [0.15, 0.2) is 17.3 Å². The maximum absolute atomic E-state index is 11.0. The van der Waals surface area contributed by atoms with Gasteiger partial charge >= 0.3 is 5.97 Å². The van der Waals surface area contributed by atoms with Crippen LogP contribution >= 0.6 is 0 Å². The lowest BCUT2D eigenvalue weighted by Crippen LogP contribution is -2.03. The first kappa shape index (κ1) is 14.7. The Labute approximate surface area is 97.0 Å². The van der Waals surface area contributed by atoms with Crippen LogP contribution in [0, 0.1) is 0 Å². The molecule has 4 nitrogen and oxygen atoms in total. The molecule has 0 aliphatic heterocycles. The Hall–Kier alpha value is -1.32. The zero-order valence-electron chi connectivity index (χ0n) is 10.2. The molecule has 0 fully saturated rings. The molecule has 16 heavy (non-hydrogen) atoms. The average molecular weight is 227 g/mol. The fraction of sp³-hybridized carbons (Fsp3) is 0.667. The van der Waals surface area contributed by atoms with Gasteiger partial charge in [-0.2, -0.15) is 0 Å². The number of rotatable bonds is 8. The number of oxime groups is 1. The summed E-state index contributed by atoms with van der Waals surface area (Å²) in [6.45, 7) is 7.77. The summed E-state index contributed by atoms with van der Waals surface area (Å²) < 4.78 is 4.81. The van der Waals surface area contributed by atoms with E-state index in [1.54, 1.807) is 6.92 Å². The minimum Gasteiger partial charge on any atom is -0.466 e. The first-order valence-corrected chi connectivity index (χ1v) is 5.64. The van der Waals surface area contributed by atoms with E-state index >= 15 is 0 Å². The second kappa shape index (κ2) is 8.95. The molecule has 0 bridgehead atoms. The van der Waals surface area contributed by atoms with Gasteiger partial charge in [0.1, 0.15) is 0 Å². The van der Waals surface area contributed by atoms with E-state index in [-0.39, 0.29) is 5.97 Å².